The van der Waals surface area contributed by atoms with Crippen molar-refractivity contribution in [2.24, 2.45) is 0 Å². The maximum Gasteiger partial charge on any atom is 0.342 e. The van der Waals surface area contributed by atoms with Crippen LogP contribution in [0.4, 0.5) is 0 Å². The Kier molecular flexibility index (Phi) is 5.01. The van der Waals surface area contributed by atoms with Crippen molar-refractivity contribution in [3.63, 3.8) is 0 Å². The molecule has 0 aromatic heterocycles. The number of fused-ring (bicyclic) bond motifs is 1. The van der Waals surface area contributed by atoms with Crippen LogP contribution >= 0.6 is 15.9 Å². The molecule has 0 fully saturated rings. The average molecular weight is 387 g/mol. The van der Waals surface area contributed by atoms with Crippen LogP contribution in [0.5, 0.6) is 11.5 Å². The van der Waals surface area contributed by atoms with E-state index >= 15 is 0 Å². The van der Waals surface area contributed by atoms with Gasteiger partial charge in [-0.1, -0.05) is 46.3 Å². The van der Waals surface area contributed by atoms with Gasteiger partial charge in [0.05, 0.1) is 0 Å². The molecular weight excluding hydrogens is 372 g/mol. The molecule has 3 rings (SSSR count). The van der Waals surface area contributed by atoms with Gasteiger partial charge in [-0.2, -0.15) is 0 Å². The molecule has 0 radical (unpaired) electrons. The number of benzene rings is 3. The van der Waals surface area contributed by atoms with Gasteiger partial charge in [0.1, 0.15) is 30.3 Å². The van der Waals surface area contributed by atoms with Crippen molar-refractivity contribution in [3.05, 3.63) is 70.7 Å². The predicted molar refractivity (Wildman–Crippen MR) is 95.5 cm³/mol. The first kappa shape index (κ1) is 16.3. The highest BCUT2D eigenvalue weighted by Crippen LogP contribution is 2.25. The highest BCUT2D eigenvalue weighted by molar-refractivity contribution is 9.10. The molecule has 122 valence electrons. The first-order valence-electron chi connectivity index (χ1n) is 7.41. The first-order valence-corrected chi connectivity index (χ1v) is 8.20. The summed E-state index contributed by atoms with van der Waals surface area (Å²) in [5, 5.41) is 11.7. The Morgan fingerprint density at radius 1 is 0.958 bits per heavy atom. The summed E-state index contributed by atoms with van der Waals surface area (Å²) in [5.74, 6) is 0.0247. The van der Waals surface area contributed by atoms with Crippen molar-refractivity contribution in [1.82, 2.24) is 0 Å². The van der Waals surface area contributed by atoms with E-state index < -0.39 is 5.97 Å². The quantitative estimate of drug-likeness (QED) is 0.516. The van der Waals surface area contributed by atoms with E-state index in [9.17, 15) is 9.90 Å². The van der Waals surface area contributed by atoms with Gasteiger partial charge < -0.3 is 14.6 Å². The number of ether oxygens (including phenoxy) is 2. The fraction of sp³-hybridized carbons (Fsp3) is 0.105. The molecule has 0 unspecified atom stereocenters. The van der Waals surface area contributed by atoms with Crippen molar-refractivity contribution < 1.29 is 19.4 Å². The summed E-state index contributed by atoms with van der Waals surface area (Å²) in [7, 11) is 0. The highest BCUT2D eigenvalue weighted by Gasteiger charge is 2.13. The van der Waals surface area contributed by atoms with E-state index in [2.05, 4.69) is 15.9 Å². The molecule has 0 aliphatic heterocycles. The number of rotatable bonds is 5. The van der Waals surface area contributed by atoms with Crippen molar-refractivity contribution in [3.8, 4) is 11.5 Å². The van der Waals surface area contributed by atoms with Gasteiger partial charge in [-0.3, -0.25) is 0 Å². The van der Waals surface area contributed by atoms with Gasteiger partial charge in [0.2, 0.25) is 0 Å². The van der Waals surface area contributed by atoms with E-state index in [1.807, 2.05) is 48.5 Å². The topological polar surface area (TPSA) is 55.8 Å². The Hall–Kier alpha value is -2.53. The summed E-state index contributed by atoms with van der Waals surface area (Å²) >= 11 is 3.36. The number of phenolic OH excluding ortho intramolecular Hbond substituents is 1. The second-order valence-corrected chi connectivity index (χ2v) is 6.07. The number of phenols is 1. The molecule has 3 aromatic rings. The van der Waals surface area contributed by atoms with Gasteiger partial charge in [0, 0.05) is 4.47 Å². The zero-order valence-corrected chi connectivity index (χ0v) is 14.3. The summed E-state index contributed by atoms with van der Waals surface area (Å²) in [6.45, 7) is 0.328. The number of halogens is 1. The second-order valence-electron chi connectivity index (χ2n) is 5.16. The van der Waals surface area contributed by atoms with Gasteiger partial charge in [-0.05, 0) is 41.1 Å². The third-order valence-corrected chi connectivity index (χ3v) is 3.96. The lowest BCUT2D eigenvalue weighted by Gasteiger charge is -2.09. The number of esters is 1. The smallest absolute Gasteiger partial charge is 0.342 e. The summed E-state index contributed by atoms with van der Waals surface area (Å²) in [6.07, 6.45) is 0. The Balaban J connectivity index is 1.60. The SMILES string of the molecule is O=C(OCCOc1cccc(Br)c1)c1cc2ccccc2cc1O. The molecule has 0 aliphatic carbocycles. The molecule has 0 saturated carbocycles. The van der Waals surface area contributed by atoms with E-state index in [-0.39, 0.29) is 24.5 Å². The van der Waals surface area contributed by atoms with Crippen LogP contribution in [0.2, 0.25) is 0 Å². The van der Waals surface area contributed by atoms with Crippen LogP contribution < -0.4 is 4.74 Å². The minimum atomic E-state index is -0.573. The maximum absolute atomic E-state index is 12.1. The molecule has 0 saturated heterocycles. The van der Waals surface area contributed by atoms with Crippen LogP contribution in [0, 0.1) is 0 Å². The third kappa shape index (κ3) is 3.86. The lowest BCUT2D eigenvalue weighted by molar-refractivity contribution is 0.0447. The zero-order chi connectivity index (χ0) is 16.9. The van der Waals surface area contributed by atoms with Crippen LogP contribution in [0.15, 0.2) is 65.1 Å². The Bertz CT molecular complexity index is 876. The number of hydrogen-bond acceptors (Lipinski definition) is 4. The van der Waals surface area contributed by atoms with Crippen molar-refractivity contribution in [2.75, 3.05) is 13.2 Å². The lowest BCUT2D eigenvalue weighted by Crippen LogP contribution is -2.12. The Labute approximate surface area is 147 Å². The van der Waals surface area contributed by atoms with Crippen molar-refractivity contribution in [2.45, 2.75) is 0 Å². The Morgan fingerprint density at radius 3 is 2.46 bits per heavy atom. The molecule has 0 heterocycles. The monoisotopic (exact) mass is 386 g/mol. The molecule has 5 heteroatoms. The summed E-state index contributed by atoms with van der Waals surface area (Å²) in [4.78, 5) is 12.1. The van der Waals surface area contributed by atoms with Crippen LogP contribution in [-0.2, 0) is 4.74 Å². The molecular formula is C19H15BrO4. The van der Waals surface area contributed by atoms with E-state index in [4.69, 9.17) is 9.47 Å². The van der Waals surface area contributed by atoms with Gasteiger partial charge in [-0.15, -0.1) is 0 Å². The molecule has 3 aromatic carbocycles. The summed E-state index contributed by atoms with van der Waals surface area (Å²) in [6, 6.07) is 18.1. The van der Waals surface area contributed by atoms with Crippen molar-refractivity contribution in [1.29, 1.82) is 0 Å². The predicted octanol–water partition coefficient (Wildman–Crippen LogP) is 4.54. The standard InChI is InChI=1S/C19H15BrO4/c20-15-6-3-7-16(12-15)23-8-9-24-19(22)17-10-13-4-1-2-5-14(13)11-18(17)21/h1-7,10-12,21H,8-9H2. The van der Waals surface area contributed by atoms with E-state index in [1.165, 1.54) is 0 Å². The largest absolute Gasteiger partial charge is 0.507 e. The number of aromatic hydroxyl groups is 1. The number of hydrogen-bond donors (Lipinski definition) is 1. The molecule has 24 heavy (non-hydrogen) atoms. The molecule has 1 N–H and O–H groups in total. The van der Waals surface area contributed by atoms with Crippen LogP contribution in [0.25, 0.3) is 10.8 Å². The van der Waals surface area contributed by atoms with Crippen molar-refractivity contribution >= 4 is 32.7 Å². The van der Waals surface area contributed by atoms with Gasteiger partial charge in [-0.25, -0.2) is 4.79 Å². The molecule has 0 amide bonds. The Morgan fingerprint density at radius 2 is 1.71 bits per heavy atom. The first-order chi connectivity index (χ1) is 11.6. The fourth-order valence-electron chi connectivity index (χ4n) is 2.32. The zero-order valence-electron chi connectivity index (χ0n) is 12.7. The van der Waals surface area contributed by atoms with Gasteiger partial charge >= 0.3 is 5.97 Å². The normalized spacial score (nSPS) is 10.5. The summed E-state index contributed by atoms with van der Waals surface area (Å²) < 4.78 is 11.6. The van der Waals surface area contributed by atoms with Crippen LogP contribution in [0.3, 0.4) is 0 Å². The lowest BCUT2D eigenvalue weighted by atomic mass is 10.1. The molecule has 0 atom stereocenters. The minimum absolute atomic E-state index is 0.0911. The molecule has 0 spiro atoms. The second kappa shape index (κ2) is 7.36. The van der Waals surface area contributed by atoms with Gasteiger partial charge in [0.15, 0.2) is 0 Å². The molecule has 4 nitrogen and oxygen atoms in total. The van der Waals surface area contributed by atoms with Crippen LogP contribution in [-0.4, -0.2) is 24.3 Å². The minimum Gasteiger partial charge on any atom is -0.507 e. The summed E-state index contributed by atoms with van der Waals surface area (Å²) in [5.41, 5.74) is 0.149. The van der Waals surface area contributed by atoms with E-state index in [0.29, 0.717) is 5.75 Å². The van der Waals surface area contributed by atoms with E-state index in [0.717, 1.165) is 15.2 Å². The number of carbonyl (C=O) groups is 1. The highest BCUT2D eigenvalue weighted by atomic mass is 79.9. The maximum atomic E-state index is 12.1. The third-order valence-electron chi connectivity index (χ3n) is 3.47. The molecule has 0 aliphatic rings. The number of carbonyl (C=O) groups excluding carboxylic acids is 1. The average Bonchev–Trinajstić information content (AvgIpc) is 2.58. The molecule has 0 bridgehead atoms. The van der Waals surface area contributed by atoms with E-state index in [1.54, 1.807) is 12.1 Å². The van der Waals surface area contributed by atoms with Crippen LogP contribution in [0.1, 0.15) is 10.4 Å². The van der Waals surface area contributed by atoms with Gasteiger partial charge in [0.25, 0.3) is 0 Å². The fourth-order valence-corrected chi connectivity index (χ4v) is 2.70.